The van der Waals surface area contributed by atoms with E-state index in [0.717, 1.165) is 26.4 Å². The normalized spacial score (nSPS) is 12.8. The molecule has 0 aliphatic carbocycles. The summed E-state index contributed by atoms with van der Waals surface area (Å²) < 4.78 is 0. The van der Waals surface area contributed by atoms with Crippen molar-refractivity contribution in [2.75, 3.05) is 0 Å². The molecule has 0 radical (unpaired) electrons. The maximum absolute atomic E-state index is 6.34. The first kappa shape index (κ1) is 11.3. The molecule has 0 aliphatic rings. The molecule has 2 N–H and O–H groups in total. The molecule has 2 aromatic heterocycles. The van der Waals surface area contributed by atoms with E-state index in [1.54, 1.807) is 17.5 Å². The molecule has 1 aromatic carbocycles. The van der Waals surface area contributed by atoms with E-state index in [1.807, 2.05) is 31.3 Å². The van der Waals surface area contributed by atoms with E-state index in [-0.39, 0.29) is 6.04 Å². The Morgan fingerprint density at radius 3 is 2.83 bits per heavy atom. The summed E-state index contributed by atoms with van der Waals surface area (Å²) in [6.07, 6.45) is 3.66. The molecular weight excluding hydrogens is 242 g/mol. The number of aryl methyl sites for hydroxylation is 1. The van der Waals surface area contributed by atoms with Crippen molar-refractivity contribution in [2.24, 2.45) is 5.73 Å². The van der Waals surface area contributed by atoms with Crippen LogP contribution >= 0.6 is 11.3 Å². The van der Waals surface area contributed by atoms with Gasteiger partial charge in [0.15, 0.2) is 0 Å². The lowest BCUT2D eigenvalue weighted by atomic mass is 10.0. The van der Waals surface area contributed by atoms with Gasteiger partial charge in [-0.1, -0.05) is 18.2 Å². The summed E-state index contributed by atoms with van der Waals surface area (Å²) in [5.41, 5.74) is 8.42. The number of fused-ring (bicyclic) bond motifs is 1. The summed E-state index contributed by atoms with van der Waals surface area (Å²) in [7, 11) is 0. The van der Waals surface area contributed by atoms with Gasteiger partial charge in [0.1, 0.15) is 0 Å². The van der Waals surface area contributed by atoms with E-state index < -0.39 is 0 Å². The van der Waals surface area contributed by atoms with Crippen LogP contribution in [0.1, 0.15) is 21.5 Å². The van der Waals surface area contributed by atoms with Crippen LogP contribution in [0.2, 0.25) is 0 Å². The first-order chi connectivity index (χ1) is 8.75. The van der Waals surface area contributed by atoms with Crippen LogP contribution in [0.3, 0.4) is 0 Å². The minimum Gasteiger partial charge on any atom is -0.320 e. The van der Waals surface area contributed by atoms with Gasteiger partial charge in [-0.3, -0.25) is 4.98 Å². The van der Waals surface area contributed by atoms with Crippen LogP contribution in [0.15, 0.2) is 42.7 Å². The lowest BCUT2D eigenvalue weighted by Crippen LogP contribution is -2.10. The molecule has 0 spiro atoms. The molecule has 2 heterocycles. The monoisotopic (exact) mass is 255 g/mol. The Balaban J connectivity index is 2.14. The zero-order chi connectivity index (χ0) is 12.5. The maximum Gasteiger partial charge on any atom is 0.0897 e. The summed E-state index contributed by atoms with van der Waals surface area (Å²) in [6, 6.07) is 9.93. The Morgan fingerprint density at radius 1 is 1.17 bits per heavy atom. The van der Waals surface area contributed by atoms with Crippen molar-refractivity contribution in [2.45, 2.75) is 13.0 Å². The average molecular weight is 255 g/mol. The van der Waals surface area contributed by atoms with Crippen LogP contribution in [0.4, 0.5) is 0 Å². The van der Waals surface area contributed by atoms with E-state index in [2.05, 4.69) is 22.1 Å². The lowest BCUT2D eigenvalue weighted by Gasteiger charge is -2.12. The predicted molar refractivity (Wildman–Crippen MR) is 74.6 cm³/mol. The smallest absolute Gasteiger partial charge is 0.0897 e. The van der Waals surface area contributed by atoms with Gasteiger partial charge >= 0.3 is 0 Å². The fourth-order valence-corrected chi connectivity index (χ4v) is 2.88. The Bertz CT molecular complexity index is 685. The molecule has 0 saturated heterocycles. The molecule has 18 heavy (non-hydrogen) atoms. The number of hydrogen-bond donors (Lipinski definition) is 1. The van der Waals surface area contributed by atoms with Crippen molar-refractivity contribution >= 4 is 22.2 Å². The predicted octanol–water partition coefficient (Wildman–Crippen LogP) is 3.05. The molecule has 3 nitrogen and oxygen atoms in total. The zero-order valence-electron chi connectivity index (χ0n) is 10.00. The molecule has 0 amide bonds. The SMILES string of the molecule is Cc1ncc(C(N)c2cccc3ncccc23)s1. The number of thiazole rings is 1. The van der Waals surface area contributed by atoms with Crippen LogP contribution in [0, 0.1) is 6.92 Å². The molecule has 4 heteroatoms. The fourth-order valence-electron chi connectivity index (χ4n) is 2.07. The summed E-state index contributed by atoms with van der Waals surface area (Å²) in [4.78, 5) is 9.71. The van der Waals surface area contributed by atoms with E-state index >= 15 is 0 Å². The van der Waals surface area contributed by atoms with Gasteiger partial charge in [-0.2, -0.15) is 0 Å². The van der Waals surface area contributed by atoms with E-state index in [4.69, 9.17) is 5.73 Å². The third-order valence-corrected chi connectivity index (χ3v) is 3.96. The van der Waals surface area contributed by atoms with Crippen LogP contribution in [-0.2, 0) is 0 Å². The Morgan fingerprint density at radius 2 is 2.06 bits per heavy atom. The molecule has 0 fully saturated rings. The van der Waals surface area contributed by atoms with Crippen LogP contribution in [-0.4, -0.2) is 9.97 Å². The number of aromatic nitrogens is 2. The summed E-state index contributed by atoms with van der Waals surface area (Å²) >= 11 is 1.64. The van der Waals surface area contributed by atoms with E-state index in [1.165, 1.54) is 0 Å². The van der Waals surface area contributed by atoms with Gasteiger partial charge in [-0.15, -0.1) is 11.3 Å². The average Bonchev–Trinajstić information content (AvgIpc) is 2.84. The highest BCUT2D eigenvalue weighted by atomic mass is 32.1. The standard InChI is InChI=1S/C14H13N3S/c1-9-17-8-13(18-9)14(15)11-4-2-6-12-10(11)5-3-7-16-12/h2-8,14H,15H2,1H3. The molecule has 3 aromatic rings. The second-order valence-electron chi connectivity index (χ2n) is 4.18. The number of benzene rings is 1. The van der Waals surface area contributed by atoms with Gasteiger partial charge in [0.05, 0.1) is 16.6 Å². The number of hydrogen-bond acceptors (Lipinski definition) is 4. The minimum absolute atomic E-state index is 0.135. The molecule has 0 saturated carbocycles. The van der Waals surface area contributed by atoms with Gasteiger partial charge in [-0.05, 0) is 24.6 Å². The Kier molecular flexibility index (Phi) is 2.81. The fraction of sp³-hybridized carbons (Fsp3) is 0.143. The van der Waals surface area contributed by atoms with Crippen molar-refractivity contribution in [1.82, 2.24) is 9.97 Å². The Hall–Kier alpha value is -1.78. The van der Waals surface area contributed by atoms with Gasteiger partial charge in [0.2, 0.25) is 0 Å². The molecule has 1 atom stereocenters. The summed E-state index contributed by atoms with van der Waals surface area (Å²) in [5, 5.41) is 2.15. The van der Waals surface area contributed by atoms with E-state index in [9.17, 15) is 0 Å². The third-order valence-electron chi connectivity index (χ3n) is 2.96. The topological polar surface area (TPSA) is 51.8 Å². The lowest BCUT2D eigenvalue weighted by molar-refractivity contribution is 0.898. The van der Waals surface area contributed by atoms with Gasteiger partial charge in [0, 0.05) is 22.7 Å². The molecular formula is C14H13N3S. The van der Waals surface area contributed by atoms with Gasteiger partial charge in [-0.25, -0.2) is 4.98 Å². The van der Waals surface area contributed by atoms with Gasteiger partial charge < -0.3 is 5.73 Å². The summed E-state index contributed by atoms with van der Waals surface area (Å²) in [5.74, 6) is 0. The van der Waals surface area contributed by atoms with Crippen LogP contribution < -0.4 is 5.73 Å². The van der Waals surface area contributed by atoms with Crippen LogP contribution in [0.5, 0.6) is 0 Å². The molecule has 0 aliphatic heterocycles. The summed E-state index contributed by atoms with van der Waals surface area (Å²) in [6.45, 7) is 1.99. The molecule has 90 valence electrons. The number of pyridine rings is 1. The maximum atomic E-state index is 6.34. The highest BCUT2D eigenvalue weighted by Gasteiger charge is 2.14. The molecule has 0 bridgehead atoms. The van der Waals surface area contributed by atoms with Crippen LogP contribution in [0.25, 0.3) is 10.9 Å². The third kappa shape index (κ3) is 1.89. The largest absolute Gasteiger partial charge is 0.320 e. The number of nitrogens with zero attached hydrogens (tertiary/aromatic N) is 2. The molecule has 3 rings (SSSR count). The van der Waals surface area contributed by atoms with E-state index in [0.29, 0.717) is 0 Å². The first-order valence-electron chi connectivity index (χ1n) is 5.77. The second kappa shape index (κ2) is 4.48. The Labute approximate surface area is 109 Å². The second-order valence-corrected chi connectivity index (χ2v) is 5.44. The first-order valence-corrected chi connectivity index (χ1v) is 6.59. The van der Waals surface area contributed by atoms with Crippen molar-refractivity contribution in [3.8, 4) is 0 Å². The van der Waals surface area contributed by atoms with Crippen molar-refractivity contribution < 1.29 is 0 Å². The van der Waals surface area contributed by atoms with Gasteiger partial charge in [0.25, 0.3) is 0 Å². The number of rotatable bonds is 2. The number of nitrogens with two attached hydrogens (primary N) is 1. The quantitative estimate of drug-likeness (QED) is 0.765. The van der Waals surface area contributed by atoms with Crippen molar-refractivity contribution in [3.63, 3.8) is 0 Å². The minimum atomic E-state index is -0.135. The molecule has 1 unspecified atom stereocenters. The van der Waals surface area contributed by atoms with Crippen molar-refractivity contribution in [3.05, 3.63) is 58.2 Å². The zero-order valence-corrected chi connectivity index (χ0v) is 10.8. The highest BCUT2D eigenvalue weighted by molar-refractivity contribution is 7.11. The van der Waals surface area contributed by atoms with Crippen molar-refractivity contribution in [1.29, 1.82) is 0 Å². The highest BCUT2D eigenvalue weighted by Crippen LogP contribution is 2.29.